The molecule has 0 radical (unpaired) electrons. The number of hydrogen-bond acceptors (Lipinski definition) is 11. The highest BCUT2D eigenvalue weighted by molar-refractivity contribution is 7.90. The SMILES string of the molecule is CC(C)(c1ccc(OCc2ccnc(S(C)(=O)=O)n2)cc1)c1cc(Cl)c(OCCCC(=O)NCc2ccc3c(c2)CN(C2CCC(=O)NC2=O)C3=O)c(C#N)c1. The lowest BCUT2D eigenvalue weighted by molar-refractivity contribution is -0.137. The molecule has 0 bridgehead atoms. The van der Waals surface area contributed by atoms with Crippen LogP contribution in [0.1, 0.15) is 83.4 Å². The Morgan fingerprint density at radius 3 is 2.55 bits per heavy atom. The van der Waals surface area contributed by atoms with Gasteiger partial charge in [0.1, 0.15) is 24.5 Å². The molecule has 2 N–H and O–H groups in total. The lowest BCUT2D eigenvalue weighted by atomic mass is 9.77. The van der Waals surface area contributed by atoms with Crippen molar-refractivity contribution in [2.24, 2.45) is 0 Å². The lowest BCUT2D eigenvalue weighted by Gasteiger charge is -2.29. The number of aromatic nitrogens is 2. The maximum atomic E-state index is 13.0. The van der Waals surface area contributed by atoms with Crippen LogP contribution in [0.15, 0.2) is 72.0 Å². The van der Waals surface area contributed by atoms with Crippen LogP contribution in [0.25, 0.3) is 0 Å². The monoisotopic (exact) mass is 798 g/mol. The molecule has 1 saturated heterocycles. The number of ether oxygens (including phenoxy) is 2. The predicted octanol–water partition coefficient (Wildman–Crippen LogP) is 4.55. The summed E-state index contributed by atoms with van der Waals surface area (Å²) in [6.45, 7) is 4.69. The molecule has 3 aromatic carbocycles. The molecule has 16 heteroatoms. The Morgan fingerprint density at radius 2 is 1.84 bits per heavy atom. The maximum Gasteiger partial charge on any atom is 0.255 e. The van der Waals surface area contributed by atoms with Gasteiger partial charge in [-0.15, -0.1) is 0 Å². The number of nitrogens with one attached hydrogen (secondary N) is 2. The highest BCUT2D eigenvalue weighted by Gasteiger charge is 2.39. The molecule has 290 valence electrons. The molecular formula is C40H39ClN6O8S. The maximum absolute atomic E-state index is 13.0. The minimum atomic E-state index is -3.54. The Hall–Kier alpha value is -5.85. The fourth-order valence-corrected chi connectivity index (χ4v) is 7.35. The average molecular weight is 799 g/mol. The second-order valence-corrected chi connectivity index (χ2v) is 16.4. The normalized spacial score (nSPS) is 15.5. The summed E-state index contributed by atoms with van der Waals surface area (Å²) in [7, 11) is -3.54. The van der Waals surface area contributed by atoms with Gasteiger partial charge in [-0.25, -0.2) is 18.4 Å². The molecule has 1 unspecified atom stereocenters. The molecule has 6 rings (SSSR count). The second-order valence-electron chi connectivity index (χ2n) is 14.1. The molecule has 0 aliphatic carbocycles. The molecule has 1 atom stereocenters. The van der Waals surface area contributed by atoms with E-state index in [1.807, 2.05) is 32.0 Å². The molecule has 2 aliphatic rings. The van der Waals surface area contributed by atoms with Gasteiger partial charge in [0, 0.05) is 49.4 Å². The minimum Gasteiger partial charge on any atom is -0.491 e. The molecule has 0 spiro atoms. The predicted molar refractivity (Wildman–Crippen MR) is 203 cm³/mol. The van der Waals surface area contributed by atoms with E-state index in [-0.39, 0.29) is 84.8 Å². The van der Waals surface area contributed by atoms with Crippen LogP contribution in [0.5, 0.6) is 11.5 Å². The Balaban J connectivity index is 0.987. The number of rotatable bonds is 14. The number of carbonyl (C=O) groups excluding carboxylic acids is 4. The van der Waals surface area contributed by atoms with Crippen LogP contribution in [0.2, 0.25) is 5.02 Å². The summed E-state index contributed by atoms with van der Waals surface area (Å²) in [6, 6.07) is 19.2. The number of amides is 4. The van der Waals surface area contributed by atoms with Crippen LogP contribution in [-0.2, 0) is 49.3 Å². The highest BCUT2D eigenvalue weighted by atomic mass is 35.5. The van der Waals surface area contributed by atoms with Gasteiger partial charge in [0.25, 0.3) is 5.91 Å². The van der Waals surface area contributed by atoms with E-state index in [4.69, 9.17) is 21.1 Å². The summed E-state index contributed by atoms with van der Waals surface area (Å²) in [6.07, 6.45) is 3.41. The fourth-order valence-electron chi connectivity index (χ4n) is 6.54. The Kier molecular flexibility index (Phi) is 11.7. The summed E-state index contributed by atoms with van der Waals surface area (Å²) >= 11 is 6.66. The smallest absolute Gasteiger partial charge is 0.255 e. The molecule has 1 fully saturated rings. The zero-order valence-corrected chi connectivity index (χ0v) is 32.5. The van der Waals surface area contributed by atoms with Crippen LogP contribution in [0.3, 0.4) is 0 Å². The lowest BCUT2D eigenvalue weighted by Crippen LogP contribution is -2.52. The first-order chi connectivity index (χ1) is 26.6. The molecule has 0 saturated carbocycles. The van der Waals surface area contributed by atoms with E-state index in [2.05, 4.69) is 26.7 Å². The third kappa shape index (κ3) is 8.98. The average Bonchev–Trinajstić information content (AvgIpc) is 3.49. The van der Waals surface area contributed by atoms with Gasteiger partial charge in [-0.2, -0.15) is 5.26 Å². The summed E-state index contributed by atoms with van der Waals surface area (Å²) in [5, 5.41) is 15.2. The number of fused-ring (bicyclic) bond motifs is 1. The zero-order valence-electron chi connectivity index (χ0n) is 30.9. The highest BCUT2D eigenvalue weighted by Crippen LogP contribution is 2.39. The number of piperidine rings is 1. The first-order valence-corrected chi connectivity index (χ1v) is 20.1. The van der Waals surface area contributed by atoms with E-state index in [9.17, 15) is 32.9 Å². The largest absolute Gasteiger partial charge is 0.491 e. The molecule has 14 nitrogen and oxygen atoms in total. The summed E-state index contributed by atoms with van der Waals surface area (Å²) in [5.41, 5.74) is 3.88. The summed E-state index contributed by atoms with van der Waals surface area (Å²) < 4.78 is 35.3. The van der Waals surface area contributed by atoms with Crippen molar-refractivity contribution in [3.05, 3.63) is 111 Å². The van der Waals surface area contributed by atoms with Gasteiger partial charge in [-0.1, -0.05) is 49.7 Å². The Labute approximate surface area is 329 Å². The van der Waals surface area contributed by atoms with Crippen molar-refractivity contribution in [3.8, 4) is 17.6 Å². The van der Waals surface area contributed by atoms with Gasteiger partial charge in [-0.3, -0.25) is 24.5 Å². The number of imide groups is 1. The Bertz CT molecular complexity index is 2360. The van der Waals surface area contributed by atoms with E-state index in [1.165, 1.54) is 11.1 Å². The molecule has 56 heavy (non-hydrogen) atoms. The molecule has 2 aliphatic heterocycles. The van der Waals surface area contributed by atoms with Crippen molar-refractivity contribution in [1.82, 2.24) is 25.5 Å². The van der Waals surface area contributed by atoms with Gasteiger partial charge >= 0.3 is 0 Å². The second kappa shape index (κ2) is 16.5. The Morgan fingerprint density at radius 1 is 1.07 bits per heavy atom. The van der Waals surface area contributed by atoms with E-state index >= 15 is 0 Å². The number of hydrogen-bond donors (Lipinski definition) is 2. The number of halogens is 1. The standard InChI is InChI=1S/C40H39ClN6O8S/c1-40(2,27-7-9-30(10-8-27)55-23-29-14-15-43-39(45-29)56(3,52)53)28-18-25(20-42)36(32(41)19-28)54-16-4-5-34(48)44-21-24-6-11-31-26(17-24)22-47(38(31)51)33-12-13-35(49)46-37(33)50/h6-11,14-15,17-19,33H,4-5,12-13,16,21-23H2,1-3H3,(H,44,48)(H,46,49,50). The van der Waals surface area contributed by atoms with E-state index < -0.39 is 27.2 Å². The minimum absolute atomic E-state index is 0.0519. The van der Waals surface area contributed by atoms with Crippen molar-refractivity contribution >= 4 is 45.1 Å². The number of sulfone groups is 1. The van der Waals surface area contributed by atoms with E-state index in [0.29, 0.717) is 23.4 Å². The summed E-state index contributed by atoms with van der Waals surface area (Å²) in [5.74, 6) is -0.479. The van der Waals surface area contributed by atoms with Crippen LogP contribution in [-0.4, -0.2) is 65.8 Å². The number of nitriles is 1. The number of benzene rings is 3. The van der Waals surface area contributed by atoms with Crippen molar-refractivity contribution in [2.75, 3.05) is 12.9 Å². The topological polar surface area (TPSA) is 198 Å². The van der Waals surface area contributed by atoms with Crippen molar-refractivity contribution in [2.45, 2.75) is 75.8 Å². The fraction of sp³-hybridized carbons (Fsp3) is 0.325. The molecular weight excluding hydrogens is 760 g/mol. The van der Waals surface area contributed by atoms with Crippen molar-refractivity contribution in [3.63, 3.8) is 0 Å². The first kappa shape index (κ1) is 39.8. The van der Waals surface area contributed by atoms with Gasteiger partial charge in [0.15, 0.2) is 5.75 Å². The molecule has 1 aromatic heterocycles. The van der Waals surface area contributed by atoms with Crippen molar-refractivity contribution in [1.29, 1.82) is 5.26 Å². The molecule has 4 aromatic rings. The van der Waals surface area contributed by atoms with Gasteiger partial charge in [-0.05, 0) is 71.5 Å². The third-order valence-electron chi connectivity index (χ3n) is 9.74. The van der Waals surface area contributed by atoms with Gasteiger partial charge in [0.05, 0.1) is 22.9 Å². The van der Waals surface area contributed by atoms with Gasteiger partial charge < -0.3 is 19.7 Å². The number of carbonyl (C=O) groups is 4. The third-order valence-corrected chi connectivity index (χ3v) is 10.9. The van der Waals surface area contributed by atoms with Crippen LogP contribution in [0.4, 0.5) is 0 Å². The number of nitrogens with zero attached hydrogens (tertiary/aromatic N) is 4. The van der Waals surface area contributed by atoms with E-state index in [0.717, 1.165) is 28.5 Å². The van der Waals surface area contributed by atoms with E-state index in [1.54, 1.807) is 42.5 Å². The van der Waals surface area contributed by atoms with Crippen LogP contribution >= 0.6 is 11.6 Å². The molecule has 3 heterocycles. The van der Waals surface area contributed by atoms with Crippen molar-refractivity contribution < 1.29 is 37.1 Å². The first-order valence-electron chi connectivity index (χ1n) is 17.8. The molecule has 4 amide bonds. The van der Waals surface area contributed by atoms with Gasteiger partial charge in [0.2, 0.25) is 32.7 Å². The quantitative estimate of drug-likeness (QED) is 0.103. The summed E-state index contributed by atoms with van der Waals surface area (Å²) in [4.78, 5) is 58.8. The van der Waals surface area contributed by atoms with Crippen LogP contribution in [0, 0.1) is 11.3 Å². The zero-order chi connectivity index (χ0) is 40.2. The van der Waals surface area contributed by atoms with Crippen LogP contribution < -0.4 is 20.1 Å².